The number of aliphatic hydroxyl groups is 1. The van der Waals surface area contributed by atoms with Crippen LogP contribution in [0.25, 0.3) is 0 Å². The third kappa shape index (κ3) is 5.17. The number of amides is 2. The molecule has 1 unspecified atom stereocenters. The van der Waals surface area contributed by atoms with Crippen molar-refractivity contribution in [1.82, 2.24) is 20.0 Å². The van der Waals surface area contributed by atoms with Crippen molar-refractivity contribution >= 4 is 6.03 Å². The molecule has 1 atom stereocenters. The summed E-state index contributed by atoms with van der Waals surface area (Å²) in [6.07, 6.45) is 1.65. The molecule has 0 bridgehead atoms. The van der Waals surface area contributed by atoms with Crippen LogP contribution in [0.1, 0.15) is 18.4 Å². The van der Waals surface area contributed by atoms with E-state index in [1.54, 1.807) is 0 Å². The van der Waals surface area contributed by atoms with Gasteiger partial charge in [0.25, 0.3) is 0 Å². The molecular weight excluding hydrogens is 316 g/mol. The van der Waals surface area contributed by atoms with Crippen LogP contribution < -0.4 is 5.32 Å². The van der Waals surface area contributed by atoms with Gasteiger partial charge in [-0.25, -0.2) is 4.79 Å². The van der Waals surface area contributed by atoms with Gasteiger partial charge >= 0.3 is 6.03 Å². The zero-order valence-electron chi connectivity index (χ0n) is 15.1. The van der Waals surface area contributed by atoms with E-state index in [-0.39, 0.29) is 12.1 Å². The maximum atomic E-state index is 11.8. The zero-order valence-corrected chi connectivity index (χ0v) is 15.1. The molecule has 0 saturated carbocycles. The average Bonchev–Trinajstić information content (AvgIpc) is 3.02. The van der Waals surface area contributed by atoms with Crippen LogP contribution in [0, 0.1) is 0 Å². The summed E-state index contributed by atoms with van der Waals surface area (Å²) in [5.41, 5.74) is 1.27. The number of likely N-dealkylation sites (N-methyl/N-ethyl adjacent to an activating group) is 1. The second kappa shape index (κ2) is 8.65. The fraction of sp³-hybridized carbons (Fsp3) is 0.632. The number of hydrogen-bond donors (Lipinski definition) is 2. The summed E-state index contributed by atoms with van der Waals surface area (Å²) in [7, 11) is 2.05. The Bertz CT molecular complexity index is 546. The van der Waals surface area contributed by atoms with Crippen LogP contribution in [0.2, 0.25) is 0 Å². The molecule has 0 spiro atoms. The van der Waals surface area contributed by atoms with Gasteiger partial charge in [-0.2, -0.15) is 0 Å². The maximum Gasteiger partial charge on any atom is 0.317 e. The Labute approximate surface area is 150 Å². The van der Waals surface area contributed by atoms with E-state index in [1.165, 1.54) is 5.56 Å². The quantitative estimate of drug-likeness (QED) is 0.772. The van der Waals surface area contributed by atoms with E-state index in [2.05, 4.69) is 34.3 Å². The topological polar surface area (TPSA) is 59.1 Å². The van der Waals surface area contributed by atoms with Crippen LogP contribution in [0.3, 0.4) is 0 Å². The molecule has 3 rings (SSSR count). The van der Waals surface area contributed by atoms with Crippen LogP contribution >= 0.6 is 0 Å². The van der Waals surface area contributed by atoms with Gasteiger partial charge in [0.1, 0.15) is 0 Å². The predicted molar refractivity (Wildman–Crippen MR) is 98.3 cm³/mol. The van der Waals surface area contributed by atoms with Crippen LogP contribution in [-0.2, 0) is 6.54 Å². The molecule has 2 aliphatic heterocycles. The molecule has 2 N–H and O–H groups in total. The number of likely N-dealkylation sites (tertiary alicyclic amines) is 1. The van der Waals surface area contributed by atoms with E-state index in [4.69, 9.17) is 0 Å². The zero-order chi connectivity index (χ0) is 17.6. The lowest BCUT2D eigenvalue weighted by atomic mass is 10.0. The smallest absolute Gasteiger partial charge is 0.317 e. The largest absolute Gasteiger partial charge is 0.390 e. The van der Waals surface area contributed by atoms with Gasteiger partial charge in [0.2, 0.25) is 0 Å². The Morgan fingerprint density at radius 3 is 2.60 bits per heavy atom. The van der Waals surface area contributed by atoms with E-state index >= 15 is 0 Å². The molecular formula is C19H30N4O2. The first kappa shape index (κ1) is 18.2. The Hall–Kier alpha value is -1.63. The highest BCUT2D eigenvalue weighted by atomic mass is 16.3. The summed E-state index contributed by atoms with van der Waals surface area (Å²) in [5.74, 6) is 0. The van der Waals surface area contributed by atoms with Gasteiger partial charge in [0, 0.05) is 51.9 Å². The second-order valence-electron chi connectivity index (χ2n) is 7.29. The Kier molecular flexibility index (Phi) is 6.29. The van der Waals surface area contributed by atoms with Crippen molar-refractivity contribution in [3.63, 3.8) is 0 Å². The number of piperidine rings is 1. The van der Waals surface area contributed by atoms with Crippen molar-refractivity contribution in [2.45, 2.75) is 31.5 Å². The van der Waals surface area contributed by atoms with E-state index in [1.807, 2.05) is 23.1 Å². The van der Waals surface area contributed by atoms with E-state index in [0.717, 1.165) is 45.6 Å². The highest BCUT2D eigenvalue weighted by molar-refractivity contribution is 5.76. The van der Waals surface area contributed by atoms with Gasteiger partial charge in [-0.1, -0.05) is 30.3 Å². The molecule has 0 aliphatic carbocycles. The molecule has 6 nitrogen and oxygen atoms in total. The summed E-state index contributed by atoms with van der Waals surface area (Å²) in [4.78, 5) is 18.2. The van der Waals surface area contributed by atoms with Crippen molar-refractivity contribution in [3.8, 4) is 0 Å². The summed E-state index contributed by atoms with van der Waals surface area (Å²) in [5, 5.41) is 13.3. The number of aliphatic hydroxyl groups excluding tert-OH is 1. The molecule has 138 valence electrons. The first-order chi connectivity index (χ1) is 12.1. The van der Waals surface area contributed by atoms with Crippen LogP contribution in [0.5, 0.6) is 0 Å². The van der Waals surface area contributed by atoms with Gasteiger partial charge in [-0.3, -0.25) is 4.90 Å². The molecule has 1 aromatic rings. The van der Waals surface area contributed by atoms with E-state index < -0.39 is 0 Å². The summed E-state index contributed by atoms with van der Waals surface area (Å²) < 4.78 is 0. The minimum atomic E-state index is -0.347. The number of urea groups is 1. The molecule has 25 heavy (non-hydrogen) atoms. The predicted octanol–water partition coefficient (Wildman–Crippen LogP) is 0.969. The molecule has 2 aliphatic rings. The van der Waals surface area contributed by atoms with Crippen molar-refractivity contribution in [3.05, 3.63) is 35.9 Å². The number of carbonyl (C=O) groups excluding carboxylic acids is 1. The van der Waals surface area contributed by atoms with Crippen LogP contribution in [0.15, 0.2) is 30.3 Å². The standard InChI is InChI=1S/C19H30N4O2/c1-21(13-16-5-3-2-4-6-16)14-18(24)15-22-10-7-17(8-11-22)23-12-9-20-19(23)25/h2-6,17-18,24H,7-15H2,1H3,(H,20,25). The number of carbonyl (C=O) groups is 1. The first-order valence-corrected chi connectivity index (χ1v) is 9.29. The molecule has 2 saturated heterocycles. The van der Waals surface area contributed by atoms with Gasteiger partial charge < -0.3 is 20.2 Å². The Morgan fingerprint density at radius 2 is 1.96 bits per heavy atom. The number of β-amino-alcohol motifs (C(OH)–C–C–N with tert-alkyl or cyclic N) is 1. The maximum absolute atomic E-state index is 11.8. The molecule has 6 heteroatoms. The highest BCUT2D eigenvalue weighted by Gasteiger charge is 2.31. The first-order valence-electron chi connectivity index (χ1n) is 9.29. The van der Waals surface area contributed by atoms with Gasteiger partial charge in [-0.15, -0.1) is 0 Å². The third-order valence-electron chi connectivity index (χ3n) is 5.17. The fourth-order valence-electron chi connectivity index (χ4n) is 3.92. The molecule has 2 heterocycles. The lowest BCUT2D eigenvalue weighted by Crippen LogP contribution is -2.48. The summed E-state index contributed by atoms with van der Waals surface area (Å²) >= 11 is 0. The van der Waals surface area contributed by atoms with E-state index in [0.29, 0.717) is 19.1 Å². The SMILES string of the molecule is CN(Cc1ccccc1)CC(O)CN1CCC(N2CCNC2=O)CC1. The Balaban J connectivity index is 1.37. The summed E-state index contributed by atoms with van der Waals surface area (Å²) in [6.45, 7) is 5.73. The number of nitrogens with zero attached hydrogens (tertiary/aromatic N) is 3. The molecule has 2 amide bonds. The number of hydrogen-bond acceptors (Lipinski definition) is 4. The number of benzene rings is 1. The minimum Gasteiger partial charge on any atom is -0.390 e. The number of rotatable bonds is 7. The summed E-state index contributed by atoms with van der Waals surface area (Å²) in [6, 6.07) is 10.8. The second-order valence-corrected chi connectivity index (χ2v) is 7.29. The lowest BCUT2D eigenvalue weighted by Gasteiger charge is -2.37. The van der Waals surface area contributed by atoms with Gasteiger partial charge in [0.05, 0.1) is 6.10 Å². The van der Waals surface area contributed by atoms with Gasteiger partial charge in [-0.05, 0) is 25.5 Å². The van der Waals surface area contributed by atoms with Crippen molar-refractivity contribution in [2.24, 2.45) is 0 Å². The molecule has 0 radical (unpaired) electrons. The third-order valence-corrected chi connectivity index (χ3v) is 5.17. The minimum absolute atomic E-state index is 0.0843. The normalized spacial score (nSPS) is 20.9. The van der Waals surface area contributed by atoms with Gasteiger partial charge in [0.15, 0.2) is 0 Å². The van der Waals surface area contributed by atoms with Crippen molar-refractivity contribution in [1.29, 1.82) is 0 Å². The average molecular weight is 346 g/mol. The fourth-order valence-corrected chi connectivity index (χ4v) is 3.92. The van der Waals surface area contributed by atoms with Crippen molar-refractivity contribution in [2.75, 3.05) is 46.3 Å². The highest BCUT2D eigenvalue weighted by Crippen LogP contribution is 2.18. The molecule has 0 aromatic heterocycles. The van der Waals surface area contributed by atoms with Crippen LogP contribution in [-0.4, -0.2) is 84.3 Å². The van der Waals surface area contributed by atoms with E-state index in [9.17, 15) is 9.90 Å². The monoisotopic (exact) mass is 346 g/mol. The number of nitrogens with one attached hydrogen (secondary N) is 1. The lowest BCUT2D eigenvalue weighted by molar-refractivity contribution is 0.0595. The van der Waals surface area contributed by atoms with Crippen molar-refractivity contribution < 1.29 is 9.90 Å². The van der Waals surface area contributed by atoms with Crippen LogP contribution in [0.4, 0.5) is 4.79 Å². The molecule has 2 fully saturated rings. The molecule has 1 aromatic carbocycles. The Morgan fingerprint density at radius 1 is 1.24 bits per heavy atom.